The first-order chi connectivity index (χ1) is 13.2. The van der Waals surface area contributed by atoms with Gasteiger partial charge in [0.25, 0.3) is 0 Å². The first-order valence-corrected chi connectivity index (χ1v) is 10.5. The number of carbonyl (C=O) groups excluding carboxylic acids is 1. The van der Waals surface area contributed by atoms with E-state index in [1.54, 1.807) is 0 Å². The fourth-order valence-electron chi connectivity index (χ4n) is 2.58. The fraction of sp³-hybridized carbons (Fsp3) is 0.316. The molecule has 0 saturated heterocycles. The lowest BCUT2D eigenvalue weighted by atomic mass is 10.3. The molecule has 2 aromatic carbocycles. The smallest absolute Gasteiger partial charge is 0.240 e. The van der Waals surface area contributed by atoms with Crippen LogP contribution in [-0.4, -0.2) is 47.3 Å². The molecule has 28 heavy (non-hydrogen) atoms. The normalized spacial score (nSPS) is 11.1. The van der Waals surface area contributed by atoms with Gasteiger partial charge in [-0.25, -0.2) is 17.2 Å². The third kappa shape index (κ3) is 6.19. The number of rotatable bonds is 9. The fourth-order valence-corrected chi connectivity index (χ4v) is 3.43. The molecule has 0 atom stereocenters. The molecule has 0 spiro atoms. The van der Waals surface area contributed by atoms with Gasteiger partial charge in [-0.05, 0) is 30.7 Å². The van der Waals surface area contributed by atoms with Crippen molar-refractivity contribution in [3.05, 3.63) is 60.2 Å². The number of hydrogen-bond acceptors (Lipinski definition) is 4. The molecule has 0 aliphatic rings. The van der Waals surface area contributed by atoms with Crippen LogP contribution in [0.4, 0.5) is 20.2 Å². The molecule has 0 heterocycles. The molecule has 9 heteroatoms. The maximum atomic E-state index is 13.4. The molecule has 0 saturated carbocycles. The van der Waals surface area contributed by atoms with Crippen molar-refractivity contribution < 1.29 is 22.0 Å². The van der Waals surface area contributed by atoms with Crippen molar-refractivity contribution in [1.29, 1.82) is 0 Å². The summed E-state index contributed by atoms with van der Waals surface area (Å²) in [5.41, 5.74) is 0.941. The Kier molecular flexibility index (Phi) is 7.33. The van der Waals surface area contributed by atoms with Crippen molar-refractivity contribution in [2.24, 2.45) is 0 Å². The van der Waals surface area contributed by atoms with E-state index < -0.39 is 34.1 Å². The van der Waals surface area contributed by atoms with Gasteiger partial charge in [0, 0.05) is 31.9 Å². The van der Waals surface area contributed by atoms with Gasteiger partial charge in [0.15, 0.2) is 11.6 Å². The van der Waals surface area contributed by atoms with Crippen molar-refractivity contribution in [3.8, 4) is 0 Å². The highest BCUT2D eigenvalue weighted by atomic mass is 32.2. The molecule has 0 radical (unpaired) electrons. The summed E-state index contributed by atoms with van der Waals surface area (Å²) in [5.74, 6) is -2.81. The molecule has 0 bridgehead atoms. The Hall–Kier alpha value is -2.68. The van der Waals surface area contributed by atoms with Crippen LogP contribution in [0.2, 0.25) is 0 Å². The minimum atomic E-state index is -3.85. The molecule has 1 N–H and O–H groups in total. The summed E-state index contributed by atoms with van der Waals surface area (Å²) < 4.78 is 51.2. The zero-order valence-corrected chi connectivity index (χ0v) is 16.5. The van der Waals surface area contributed by atoms with Crippen LogP contribution in [0.3, 0.4) is 0 Å². The van der Waals surface area contributed by atoms with E-state index in [0.29, 0.717) is 19.5 Å². The second-order valence-electron chi connectivity index (χ2n) is 6.33. The number of nitrogens with zero attached hydrogens (tertiary/aromatic N) is 2. The van der Waals surface area contributed by atoms with Crippen LogP contribution in [0, 0.1) is 11.6 Å². The topological polar surface area (TPSA) is 69.7 Å². The van der Waals surface area contributed by atoms with Crippen molar-refractivity contribution in [3.63, 3.8) is 0 Å². The van der Waals surface area contributed by atoms with Gasteiger partial charge in [-0.3, -0.25) is 9.10 Å². The van der Waals surface area contributed by atoms with Crippen molar-refractivity contribution in [2.75, 3.05) is 42.1 Å². The van der Waals surface area contributed by atoms with Crippen LogP contribution in [-0.2, 0) is 14.8 Å². The lowest BCUT2D eigenvalue weighted by molar-refractivity contribution is -0.119. The number of anilines is 2. The van der Waals surface area contributed by atoms with E-state index in [2.05, 4.69) is 5.32 Å². The van der Waals surface area contributed by atoms with Crippen LogP contribution in [0.5, 0.6) is 0 Å². The molecular formula is C19H23F2N3O3S. The minimum absolute atomic E-state index is 0.111. The van der Waals surface area contributed by atoms with E-state index in [9.17, 15) is 22.0 Å². The maximum absolute atomic E-state index is 13.4. The number of nitrogens with one attached hydrogen (secondary N) is 1. The molecule has 0 fully saturated rings. The average molecular weight is 411 g/mol. The van der Waals surface area contributed by atoms with Gasteiger partial charge in [-0.15, -0.1) is 0 Å². The van der Waals surface area contributed by atoms with E-state index >= 15 is 0 Å². The van der Waals surface area contributed by atoms with Gasteiger partial charge < -0.3 is 10.2 Å². The van der Waals surface area contributed by atoms with Gasteiger partial charge in [0.05, 0.1) is 11.9 Å². The molecule has 0 unspecified atom stereocenters. The summed E-state index contributed by atoms with van der Waals surface area (Å²) in [6, 6.07) is 12.4. The number of halogens is 2. The zero-order valence-electron chi connectivity index (χ0n) is 15.7. The number of amides is 1. The van der Waals surface area contributed by atoms with E-state index in [1.165, 1.54) is 0 Å². The highest BCUT2D eigenvalue weighted by Crippen LogP contribution is 2.20. The zero-order chi connectivity index (χ0) is 20.7. The first-order valence-electron chi connectivity index (χ1n) is 8.64. The molecule has 1 amide bonds. The predicted octanol–water partition coefficient (Wildman–Crippen LogP) is 2.37. The molecule has 152 valence electrons. The molecule has 6 nitrogen and oxygen atoms in total. The van der Waals surface area contributed by atoms with Crippen molar-refractivity contribution in [1.82, 2.24) is 5.32 Å². The summed E-state index contributed by atoms with van der Waals surface area (Å²) >= 11 is 0. The van der Waals surface area contributed by atoms with E-state index in [0.717, 1.165) is 34.4 Å². The predicted molar refractivity (Wildman–Crippen MR) is 106 cm³/mol. The highest BCUT2D eigenvalue weighted by Gasteiger charge is 2.21. The molecule has 2 rings (SSSR count). The average Bonchev–Trinajstić information content (AvgIpc) is 2.65. The number of carbonyl (C=O) groups is 1. The van der Waals surface area contributed by atoms with Crippen LogP contribution >= 0.6 is 0 Å². The Morgan fingerprint density at radius 3 is 2.32 bits per heavy atom. The van der Waals surface area contributed by atoms with Crippen LogP contribution in [0.1, 0.15) is 6.42 Å². The quantitative estimate of drug-likeness (QED) is 0.644. The van der Waals surface area contributed by atoms with Crippen LogP contribution in [0.15, 0.2) is 48.5 Å². The number of hydrogen-bond donors (Lipinski definition) is 1. The summed E-state index contributed by atoms with van der Waals surface area (Å²) in [6.07, 6.45) is 1.55. The van der Waals surface area contributed by atoms with Gasteiger partial charge >= 0.3 is 0 Å². The number of benzene rings is 2. The van der Waals surface area contributed by atoms with Gasteiger partial charge in [-0.1, -0.05) is 18.2 Å². The second kappa shape index (κ2) is 9.50. The monoisotopic (exact) mass is 411 g/mol. The van der Waals surface area contributed by atoms with Crippen molar-refractivity contribution >= 4 is 27.3 Å². The molecule has 0 aliphatic heterocycles. The molecule has 2 aromatic rings. The van der Waals surface area contributed by atoms with Crippen LogP contribution < -0.4 is 14.5 Å². The van der Waals surface area contributed by atoms with E-state index in [4.69, 9.17) is 0 Å². The summed E-state index contributed by atoms with van der Waals surface area (Å²) in [7, 11) is -1.91. The van der Waals surface area contributed by atoms with Gasteiger partial charge in [-0.2, -0.15) is 0 Å². The molecule has 0 aliphatic carbocycles. The Bertz CT molecular complexity index is 908. The lowest BCUT2D eigenvalue weighted by Gasteiger charge is -2.22. The van der Waals surface area contributed by atoms with Crippen LogP contribution in [0.25, 0.3) is 0 Å². The summed E-state index contributed by atoms with van der Waals surface area (Å²) in [5, 5.41) is 2.65. The SMILES string of the molecule is CN(CCCNC(=O)CN(c1ccc(F)c(F)c1)S(C)(=O)=O)c1ccccc1. The lowest BCUT2D eigenvalue weighted by Crippen LogP contribution is -2.41. The first kappa shape index (κ1) is 21.6. The maximum Gasteiger partial charge on any atom is 0.240 e. The highest BCUT2D eigenvalue weighted by molar-refractivity contribution is 7.92. The summed E-state index contributed by atoms with van der Waals surface area (Å²) in [4.78, 5) is 14.2. The van der Waals surface area contributed by atoms with E-state index in [-0.39, 0.29) is 5.69 Å². The Labute approximate surface area is 163 Å². The summed E-state index contributed by atoms with van der Waals surface area (Å²) in [6.45, 7) is 0.535. The Balaban J connectivity index is 1.89. The molecule has 0 aromatic heterocycles. The standard InChI is InChI=1S/C19H23F2N3O3S/c1-23(15-7-4-3-5-8-15)12-6-11-22-19(25)14-24(28(2,26)27)16-9-10-17(20)18(21)13-16/h3-5,7-10,13H,6,11-12,14H2,1-2H3,(H,22,25). The third-order valence-electron chi connectivity index (χ3n) is 4.07. The second-order valence-corrected chi connectivity index (χ2v) is 8.24. The van der Waals surface area contributed by atoms with Gasteiger partial charge in [0.2, 0.25) is 15.9 Å². The Morgan fingerprint density at radius 1 is 1.04 bits per heavy atom. The Morgan fingerprint density at radius 2 is 1.71 bits per heavy atom. The van der Waals surface area contributed by atoms with Gasteiger partial charge in [0.1, 0.15) is 6.54 Å². The number of para-hydroxylation sites is 1. The third-order valence-corrected chi connectivity index (χ3v) is 5.21. The largest absolute Gasteiger partial charge is 0.375 e. The van der Waals surface area contributed by atoms with Crippen molar-refractivity contribution in [2.45, 2.75) is 6.42 Å². The minimum Gasteiger partial charge on any atom is -0.375 e. The van der Waals surface area contributed by atoms with E-state index in [1.807, 2.05) is 42.3 Å². The molecular weight excluding hydrogens is 388 g/mol. The number of sulfonamides is 1.